The fraction of sp³-hybridized carbons (Fsp3) is 0.105. The van der Waals surface area contributed by atoms with Crippen LogP contribution in [0.1, 0.15) is 11.4 Å². The van der Waals surface area contributed by atoms with Crippen molar-refractivity contribution in [1.29, 1.82) is 0 Å². The highest BCUT2D eigenvalue weighted by Crippen LogP contribution is 2.21. The molecule has 0 aliphatic heterocycles. The molecule has 1 N–H and O–H groups in total. The third-order valence-electron chi connectivity index (χ3n) is 3.84. The van der Waals surface area contributed by atoms with E-state index in [-0.39, 0.29) is 0 Å². The fourth-order valence-electron chi connectivity index (χ4n) is 2.66. The highest BCUT2D eigenvalue weighted by molar-refractivity contribution is 5.88. The molecule has 24 heavy (non-hydrogen) atoms. The maximum atomic E-state index is 4.72. The lowest BCUT2D eigenvalue weighted by Crippen LogP contribution is -2.08. The highest BCUT2D eigenvalue weighted by atomic mass is 15.1. The molecule has 2 aromatic carbocycles. The van der Waals surface area contributed by atoms with E-state index in [0.29, 0.717) is 6.54 Å². The van der Waals surface area contributed by atoms with Gasteiger partial charge in [0.2, 0.25) is 0 Å². The largest absolute Gasteiger partial charge is 0.365 e. The number of hydrogen-bond donors (Lipinski definition) is 1. The Hall–Kier alpha value is -3.21. The van der Waals surface area contributed by atoms with Gasteiger partial charge >= 0.3 is 0 Å². The molecule has 5 nitrogen and oxygen atoms in total. The van der Waals surface area contributed by atoms with Gasteiger partial charge in [0.15, 0.2) is 5.82 Å². The number of anilines is 1. The lowest BCUT2D eigenvalue weighted by Gasteiger charge is -2.11. The number of rotatable bonds is 5. The molecule has 0 spiro atoms. The standard InChI is InChI=1S/C19H17N5/c1-2-6-15(7-3-1)12-21-19-16-8-4-5-9-17(16)22-18(23-19)13-24-11-10-20-14-24/h1-11,14H,12-13H2,(H,21,22,23). The first-order valence-electron chi connectivity index (χ1n) is 7.88. The van der Waals surface area contributed by atoms with E-state index in [4.69, 9.17) is 4.98 Å². The Morgan fingerprint density at radius 2 is 1.75 bits per heavy atom. The third kappa shape index (κ3) is 3.10. The lowest BCUT2D eigenvalue weighted by atomic mass is 10.2. The van der Waals surface area contributed by atoms with Crippen molar-refractivity contribution in [3.63, 3.8) is 0 Å². The van der Waals surface area contributed by atoms with E-state index in [1.807, 2.05) is 53.2 Å². The van der Waals surface area contributed by atoms with Gasteiger partial charge in [-0.1, -0.05) is 42.5 Å². The summed E-state index contributed by atoms with van der Waals surface area (Å²) in [7, 11) is 0. The van der Waals surface area contributed by atoms with E-state index in [1.54, 1.807) is 12.5 Å². The Labute approximate surface area is 140 Å². The summed E-state index contributed by atoms with van der Waals surface area (Å²) in [4.78, 5) is 13.5. The number of nitrogens with zero attached hydrogens (tertiary/aromatic N) is 4. The highest BCUT2D eigenvalue weighted by Gasteiger charge is 2.08. The van der Waals surface area contributed by atoms with Crippen molar-refractivity contribution in [2.24, 2.45) is 0 Å². The predicted molar refractivity (Wildman–Crippen MR) is 94.6 cm³/mol. The Bertz CT molecular complexity index is 933. The molecule has 0 bridgehead atoms. The molecule has 2 heterocycles. The number of hydrogen-bond acceptors (Lipinski definition) is 4. The first-order valence-corrected chi connectivity index (χ1v) is 7.88. The maximum Gasteiger partial charge on any atom is 0.151 e. The summed E-state index contributed by atoms with van der Waals surface area (Å²) < 4.78 is 1.96. The quantitative estimate of drug-likeness (QED) is 0.612. The summed E-state index contributed by atoms with van der Waals surface area (Å²) >= 11 is 0. The molecule has 5 heteroatoms. The molecule has 4 rings (SSSR count). The van der Waals surface area contributed by atoms with Gasteiger partial charge in [0.1, 0.15) is 5.82 Å². The van der Waals surface area contributed by atoms with Gasteiger partial charge in [0, 0.05) is 24.3 Å². The zero-order chi connectivity index (χ0) is 16.2. The molecule has 0 atom stereocenters. The van der Waals surface area contributed by atoms with Crippen LogP contribution in [0, 0.1) is 0 Å². The van der Waals surface area contributed by atoms with Gasteiger partial charge in [0.05, 0.1) is 18.4 Å². The van der Waals surface area contributed by atoms with E-state index in [9.17, 15) is 0 Å². The Kier molecular flexibility index (Phi) is 3.90. The van der Waals surface area contributed by atoms with Gasteiger partial charge in [0.25, 0.3) is 0 Å². The van der Waals surface area contributed by atoms with Crippen LogP contribution in [-0.4, -0.2) is 19.5 Å². The van der Waals surface area contributed by atoms with Gasteiger partial charge in [-0.2, -0.15) is 0 Å². The van der Waals surface area contributed by atoms with Crippen molar-refractivity contribution in [3.8, 4) is 0 Å². The lowest BCUT2D eigenvalue weighted by molar-refractivity contribution is 0.748. The maximum absolute atomic E-state index is 4.72. The van der Waals surface area contributed by atoms with E-state index in [1.165, 1.54) is 5.56 Å². The monoisotopic (exact) mass is 315 g/mol. The molecular formula is C19H17N5. The first-order chi connectivity index (χ1) is 11.9. The van der Waals surface area contributed by atoms with Crippen molar-refractivity contribution >= 4 is 16.7 Å². The zero-order valence-electron chi connectivity index (χ0n) is 13.1. The summed E-state index contributed by atoms with van der Waals surface area (Å²) in [6.45, 7) is 1.33. The normalized spacial score (nSPS) is 10.8. The van der Waals surface area contributed by atoms with Crippen LogP contribution >= 0.6 is 0 Å². The van der Waals surface area contributed by atoms with Gasteiger partial charge in [-0.15, -0.1) is 0 Å². The zero-order valence-corrected chi connectivity index (χ0v) is 13.1. The van der Waals surface area contributed by atoms with Crippen LogP contribution < -0.4 is 5.32 Å². The van der Waals surface area contributed by atoms with Crippen LogP contribution in [-0.2, 0) is 13.1 Å². The minimum atomic E-state index is 0.602. The van der Waals surface area contributed by atoms with Crippen LogP contribution in [0.25, 0.3) is 10.9 Å². The van der Waals surface area contributed by atoms with Crippen LogP contribution in [0.2, 0.25) is 0 Å². The van der Waals surface area contributed by atoms with Crippen LogP contribution in [0.15, 0.2) is 73.3 Å². The van der Waals surface area contributed by atoms with E-state index in [0.717, 1.165) is 29.1 Å². The molecule has 0 radical (unpaired) electrons. The number of aromatic nitrogens is 4. The minimum Gasteiger partial charge on any atom is -0.365 e. The van der Waals surface area contributed by atoms with Gasteiger partial charge in [-0.05, 0) is 17.7 Å². The average Bonchev–Trinajstić information content (AvgIpc) is 3.13. The van der Waals surface area contributed by atoms with Crippen molar-refractivity contribution in [2.75, 3.05) is 5.32 Å². The molecule has 0 aliphatic rings. The molecule has 0 amide bonds. The average molecular weight is 315 g/mol. The summed E-state index contributed by atoms with van der Waals surface area (Å²) in [5, 5.41) is 4.48. The summed E-state index contributed by atoms with van der Waals surface area (Å²) in [6.07, 6.45) is 5.45. The van der Waals surface area contributed by atoms with E-state index >= 15 is 0 Å². The smallest absolute Gasteiger partial charge is 0.151 e. The summed E-state index contributed by atoms with van der Waals surface area (Å²) in [5.41, 5.74) is 2.16. The topological polar surface area (TPSA) is 55.6 Å². The summed E-state index contributed by atoms with van der Waals surface area (Å²) in [5.74, 6) is 1.63. The molecule has 118 valence electrons. The Morgan fingerprint density at radius 3 is 2.58 bits per heavy atom. The van der Waals surface area contributed by atoms with Crippen LogP contribution in [0.4, 0.5) is 5.82 Å². The molecule has 2 aromatic heterocycles. The van der Waals surface area contributed by atoms with Crippen LogP contribution in [0.5, 0.6) is 0 Å². The van der Waals surface area contributed by atoms with Gasteiger partial charge < -0.3 is 9.88 Å². The minimum absolute atomic E-state index is 0.602. The number of imidazole rings is 1. The van der Waals surface area contributed by atoms with Crippen LogP contribution in [0.3, 0.4) is 0 Å². The molecule has 0 saturated carbocycles. The number of nitrogens with one attached hydrogen (secondary N) is 1. The molecule has 0 aliphatic carbocycles. The second-order valence-electron chi connectivity index (χ2n) is 5.58. The second kappa shape index (κ2) is 6.50. The Morgan fingerprint density at radius 1 is 0.917 bits per heavy atom. The number of fused-ring (bicyclic) bond motifs is 1. The van der Waals surface area contributed by atoms with Crippen molar-refractivity contribution < 1.29 is 0 Å². The molecular weight excluding hydrogens is 298 g/mol. The molecule has 4 aromatic rings. The van der Waals surface area contributed by atoms with E-state index < -0.39 is 0 Å². The molecule has 0 saturated heterocycles. The third-order valence-corrected chi connectivity index (χ3v) is 3.84. The fourth-order valence-corrected chi connectivity index (χ4v) is 2.66. The number of benzene rings is 2. The predicted octanol–water partition coefficient (Wildman–Crippen LogP) is 3.49. The molecule has 0 unspecified atom stereocenters. The van der Waals surface area contributed by atoms with E-state index in [2.05, 4.69) is 27.4 Å². The van der Waals surface area contributed by atoms with Gasteiger partial charge in [-0.25, -0.2) is 15.0 Å². The number of para-hydroxylation sites is 1. The SMILES string of the molecule is c1ccc(CNc2nc(Cn3ccnc3)nc3ccccc23)cc1. The summed E-state index contributed by atoms with van der Waals surface area (Å²) in [6, 6.07) is 18.4. The first kappa shape index (κ1) is 14.4. The van der Waals surface area contributed by atoms with Crippen molar-refractivity contribution in [3.05, 3.63) is 84.7 Å². The van der Waals surface area contributed by atoms with Gasteiger partial charge in [-0.3, -0.25) is 0 Å². The molecule has 0 fully saturated rings. The Balaban J connectivity index is 1.66. The second-order valence-corrected chi connectivity index (χ2v) is 5.58. The van der Waals surface area contributed by atoms with Crippen molar-refractivity contribution in [2.45, 2.75) is 13.1 Å². The van der Waals surface area contributed by atoms with Crippen molar-refractivity contribution in [1.82, 2.24) is 19.5 Å².